The van der Waals surface area contributed by atoms with E-state index < -0.39 is 15.9 Å². The van der Waals surface area contributed by atoms with Gasteiger partial charge in [-0.05, 0) is 0 Å². The second kappa shape index (κ2) is 15.5. The van der Waals surface area contributed by atoms with Crippen molar-refractivity contribution in [3.05, 3.63) is 0 Å². The Labute approximate surface area is 120 Å². The monoisotopic (exact) mass is 306 g/mol. The van der Waals surface area contributed by atoms with E-state index >= 15 is 0 Å². The Bertz CT molecular complexity index is 162. The summed E-state index contributed by atoms with van der Waals surface area (Å²) in [7, 11) is 0. The molecule has 0 aromatic rings. The zero-order valence-corrected chi connectivity index (χ0v) is 16.0. The molecule has 0 heterocycles. The molecule has 0 fully saturated rings. The first-order chi connectivity index (χ1) is 8.81. The van der Waals surface area contributed by atoms with Crippen LogP contribution < -0.4 is 0 Å². The van der Waals surface area contributed by atoms with Gasteiger partial charge in [0.05, 0.1) is 0 Å². The standard InChI is InChI=1S/2C8H17.O.Zn/c2*1-3-5-7-8-6-4-2;;/h2*1,3-8H2,2H3;;. The van der Waals surface area contributed by atoms with Crippen molar-refractivity contribution >= 4 is 0 Å². The molecule has 0 aromatic heterocycles. The fraction of sp³-hybridized carbons (Fsp3) is 1.00. The van der Waals surface area contributed by atoms with Gasteiger partial charge in [-0.25, -0.2) is 0 Å². The van der Waals surface area contributed by atoms with Crippen LogP contribution in [0, 0.1) is 0 Å². The van der Waals surface area contributed by atoms with Crippen LogP contribution in [0.1, 0.15) is 90.9 Å². The maximum absolute atomic E-state index is 11.9. The Kier molecular flexibility index (Phi) is 15.8. The van der Waals surface area contributed by atoms with Crippen molar-refractivity contribution in [2.24, 2.45) is 0 Å². The van der Waals surface area contributed by atoms with Crippen LogP contribution in [0.4, 0.5) is 0 Å². The number of hydrogen-bond donors (Lipinski definition) is 0. The van der Waals surface area contributed by atoms with Crippen molar-refractivity contribution in [1.29, 1.82) is 0 Å². The summed E-state index contributed by atoms with van der Waals surface area (Å²) in [4.78, 5) is 0. The van der Waals surface area contributed by atoms with Gasteiger partial charge in [0.1, 0.15) is 0 Å². The summed E-state index contributed by atoms with van der Waals surface area (Å²) >= 11 is -2.22. The van der Waals surface area contributed by atoms with E-state index in [0.717, 1.165) is 10.0 Å². The van der Waals surface area contributed by atoms with Gasteiger partial charge < -0.3 is 0 Å². The molecule has 0 bridgehead atoms. The molecule has 106 valence electrons. The fourth-order valence-electron chi connectivity index (χ4n) is 2.65. The van der Waals surface area contributed by atoms with Gasteiger partial charge >= 0.3 is 120 Å². The van der Waals surface area contributed by atoms with Gasteiger partial charge in [0.15, 0.2) is 0 Å². The predicted octanol–water partition coefficient (Wildman–Crippen LogP) is 6.51. The summed E-state index contributed by atoms with van der Waals surface area (Å²) in [5.74, 6) is 0. The van der Waals surface area contributed by atoms with E-state index in [1.165, 1.54) is 77.0 Å². The van der Waals surface area contributed by atoms with Gasteiger partial charge in [0.25, 0.3) is 0 Å². The molecule has 0 rings (SSSR count). The van der Waals surface area contributed by atoms with E-state index in [1.54, 1.807) is 0 Å². The quantitative estimate of drug-likeness (QED) is 0.264. The second-order valence-electron chi connectivity index (χ2n) is 6.00. The summed E-state index contributed by atoms with van der Waals surface area (Å²) in [6.07, 6.45) is 16.0. The molecule has 1 nitrogen and oxygen atoms in total. The van der Waals surface area contributed by atoms with Gasteiger partial charge in [0, 0.05) is 0 Å². The molecule has 0 saturated heterocycles. The van der Waals surface area contributed by atoms with Crippen LogP contribution in [0.3, 0.4) is 0 Å². The molecule has 0 radical (unpaired) electrons. The third-order valence-electron chi connectivity index (χ3n) is 4.00. The van der Waals surface area contributed by atoms with E-state index in [0.29, 0.717) is 0 Å². The first-order valence-electron chi connectivity index (χ1n) is 8.70. The van der Waals surface area contributed by atoms with Gasteiger partial charge in [-0.15, -0.1) is 0 Å². The van der Waals surface area contributed by atoms with Gasteiger partial charge in [0.2, 0.25) is 0 Å². The minimum absolute atomic E-state index is 1.13. The first-order valence-corrected chi connectivity index (χ1v) is 14.1. The van der Waals surface area contributed by atoms with E-state index in [2.05, 4.69) is 13.8 Å². The van der Waals surface area contributed by atoms with Crippen LogP contribution >= 0.6 is 0 Å². The van der Waals surface area contributed by atoms with E-state index in [-0.39, 0.29) is 0 Å². The Morgan fingerprint density at radius 2 is 0.889 bits per heavy atom. The Hall–Kier alpha value is 0.423. The van der Waals surface area contributed by atoms with Crippen LogP contribution in [0.15, 0.2) is 0 Å². The molecule has 0 saturated carbocycles. The van der Waals surface area contributed by atoms with Crippen LogP contribution in [-0.2, 0) is 19.5 Å². The molecule has 0 amide bonds. The topological polar surface area (TPSA) is 17.1 Å². The Morgan fingerprint density at radius 3 is 1.28 bits per heavy atom. The average molecular weight is 308 g/mol. The minimum atomic E-state index is -2.22. The predicted molar refractivity (Wildman–Crippen MR) is 77.1 cm³/mol. The second-order valence-corrected chi connectivity index (χ2v) is 12.2. The number of rotatable bonds is 14. The van der Waals surface area contributed by atoms with Crippen molar-refractivity contribution in [2.45, 2.75) is 101 Å². The normalized spacial score (nSPS) is 10.3. The molecular formula is C16H34OZn. The van der Waals surface area contributed by atoms with E-state index in [1.807, 2.05) is 0 Å². The van der Waals surface area contributed by atoms with Gasteiger partial charge in [-0.3, -0.25) is 0 Å². The zero-order valence-electron chi connectivity index (χ0n) is 13.0. The molecule has 0 spiro atoms. The molecule has 18 heavy (non-hydrogen) atoms. The number of unbranched alkanes of at least 4 members (excludes halogenated alkanes) is 10. The molecule has 0 aliphatic carbocycles. The summed E-state index contributed by atoms with van der Waals surface area (Å²) in [5.41, 5.74) is 0. The molecule has 0 aromatic carbocycles. The van der Waals surface area contributed by atoms with Crippen LogP contribution in [0.25, 0.3) is 0 Å². The number of hydrogen-bond acceptors (Lipinski definition) is 1. The van der Waals surface area contributed by atoms with Crippen molar-refractivity contribution in [3.63, 3.8) is 0 Å². The average Bonchev–Trinajstić information content (AvgIpc) is 2.38. The Morgan fingerprint density at radius 1 is 0.556 bits per heavy atom. The summed E-state index contributed by atoms with van der Waals surface area (Å²) in [5, 5.41) is 2.25. The van der Waals surface area contributed by atoms with Crippen molar-refractivity contribution < 1.29 is 19.5 Å². The molecule has 0 unspecified atom stereocenters. The van der Waals surface area contributed by atoms with Crippen molar-refractivity contribution in [1.82, 2.24) is 0 Å². The van der Waals surface area contributed by atoms with Crippen LogP contribution in [-0.4, -0.2) is 0 Å². The SMILES string of the molecule is CCCCCCC[CH2][Zn](=[O])[CH2]CCCCCCC. The molecule has 0 aliphatic heterocycles. The Balaban J connectivity index is 3.12. The molecule has 0 atom stereocenters. The fourth-order valence-corrected chi connectivity index (χ4v) is 7.21. The van der Waals surface area contributed by atoms with Crippen LogP contribution in [0.2, 0.25) is 10.0 Å². The third kappa shape index (κ3) is 14.5. The van der Waals surface area contributed by atoms with E-state index in [4.69, 9.17) is 0 Å². The first kappa shape index (κ1) is 18.4. The molecule has 2 heteroatoms. The summed E-state index contributed by atoms with van der Waals surface area (Å²) < 4.78 is 11.9. The van der Waals surface area contributed by atoms with Gasteiger partial charge in [-0.2, -0.15) is 0 Å². The summed E-state index contributed by atoms with van der Waals surface area (Å²) in [6, 6.07) is 0. The van der Waals surface area contributed by atoms with Crippen molar-refractivity contribution in [2.75, 3.05) is 0 Å². The summed E-state index contributed by atoms with van der Waals surface area (Å²) in [6.45, 7) is 4.51. The van der Waals surface area contributed by atoms with Gasteiger partial charge in [-0.1, -0.05) is 0 Å². The molecular weight excluding hydrogens is 274 g/mol. The van der Waals surface area contributed by atoms with Crippen molar-refractivity contribution in [3.8, 4) is 0 Å². The molecule has 0 N–H and O–H groups in total. The third-order valence-corrected chi connectivity index (χ3v) is 9.40. The van der Waals surface area contributed by atoms with E-state index in [9.17, 15) is 3.57 Å². The molecule has 0 aliphatic rings. The zero-order chi connectivity index (χ0) is 13.5. The maximum atomic E-state index is 11.9. The van der Waals surface area contributed by atoms with Crippen LogP contribution in [0.5, 0.6) is 0 Å².